The molecule has 0 aliphatic heterocycles. The molecule has 0 saturated heterocycles. The number of allylic oxidation sites excluding steroid dienone is 3. The second kappa shape index (κ2) is 4.26. The van der Waals surface area contributed by atoms with Crippen molar-refractivity contribution in [1.82, 2.24) is 0 Å². The standard InChI is InChI=1S/C11H16O2/c1-8-5-9(2)7-10(6-8)3-4-11(12)13/h3-5,8,10H,6-7H2,1-2H3,(H,12,13)/b4-3+/t8-,10-/m0/s1. The van der Waals surface area contributed by atoms with Crippen LogP contribution in [0.1, 0.15) is 26.7 Å². The van der Waals surface area contributed by atoms with Crippen LogP contribution in [0.2, 0.25) is 0 Å². The number of hydrogen-bond acceptors (Lipinski definition) is 1. The number of carbonyl (C=O) groups is 1. The van der Waals surface area contributed by atoms with E-state index in [1.165, 1.54) is 11.6 Å². The Morgan fingerprint density at radius 1 is 1.69 bits per heavy atom. The first-order valence-corrected chi connectivity index (χ1v) is 4.66. The number of carboxylic acids is 1. The zero-order valence-corrected chi connectivity index (χ0v) is 8.16. The molecule has 0 aromatic heterocycles. The summed E-state index contributed by atoms with van der Waals surface area (Å²) in [5.41, 5.74) is 1.37. The minimum atomic E-state index is -0.847. The Kier molecular flexibility index (Phi) is 3.29. The second-order valence-corrected chi connectivity index (χ2v) is 3.89. The van der Waals surface area contributed by atoms with Crippen molar-refractivity contribution in [3.8, 4) is 0 Å². The topological polar surface area (TPSA) is 37.3 Å². The lowest BCUT2D eigenvalue weighted by atomic mass is 9.83. The molecule has 0 aromatic rings. The van der Waals surface area contributed by atoms with Gasteiger partial charge in [0.25, 0.3) is 0 Å². The van der Waals surface area contributed by atoms with E-state index < -0.39 is 5.97 Å². The van der Waals surface area contributed by atoms with Gasteiger partial charge in [-0.05, 0) is 31.6 Å². The van der Waals surface area contributed by atoms with Gasteiger partial charge in [-0.1, -0.05) is 24.6 Å². The fourth-order valence-corrected chi connectivity index (χ4v) is 1.96. The average Bonchev–Trinajstić information content (AvgIpc) is 1.99. The zero-order valence-electron chi connectivity index (χ0n) is 8.16. The minimum Gasteiger partial charge on any atom is -0.478 e. The molecule has 1 aliphatic carbocycles. The smallest absolute Gasteiger partial charge is 0.327 e. The second-order valence-electron chi connectivity index (χ2n) is 3.89. The van der Waals surface area contributed by atoms with Gasteiger partial charge in [-0.25, -0.2) is 4.79 Å². The fourth-order valence-electron chi connectivity index (χ4n) is 1.96. The Morgan fingerprint density at radius 2 is 2.38 bits per heavy atom. The van der Waals surface area contributed by atoms with Crippen LogP contribution < -0.4 is 0 Å². The summed E-state index contributed by atoms with van der Waals surface area (Å²) in [7, 11) is 0. The Balaban J connectivity index is 2.55. The molecule has 0 bridgehead atoms. The van der Waals surface area contributed by atoms with Crippen molar-refractivity contribution in [3.63, 3.8) is 0 Å². The van der Waals surface area contributed by atoms with Crippen LogP contribution in [0.4, 0.5) is 0 Å². The van der Waals surface area contributed by atoms with Crippen molar-refractivity contribution in [2.24, 2.45) is 11.8 Å². The summed E-state index contributed by atoms with van der Waals surface area (Å²) in [6.07, 6.45) is 7.42. The van der Waals surface area contributed by atoms with E-state index in [0.717, 1.165) is 12.8 Å². The molecular formula is C11H16O2. The lowest BCUT2D eigenvalue weighted by Gasteiger charge is -2.22. The van der Waals surface area contributed by atoms with Gasteiger partial charge in [-0.3, -0.25) is 0 Å². The van der Waals surface area contributed by atoms with Gasteiger partial charge in [-0.15, -0.1) is 0 Å². The molecule has 1 rings (SSSR count). The third-order valence-corrected chi connectivity index (χ3v) is 2.34. The SMILES string of the molecule is CC1=C[C@H](C)C[C@H](/C=C/C(=O)O)C1. The number of rotatable bonds is 2. The molecule has 13 heavy (non-hydrogen) atoms. The molecule has 0 radical (unpaired) electrons. The van der Waals surface area contributed by atoms with Crippen molar-refractivity contribution < 1.29 is 9.90 Å². The lowest BCUT2D eigenvalue weighted by molar-refractivity contribution is -0.131. The van der Waals surface area contributed by atoms with Crippen LogP contribution in [0.15, 0.2) is 23.8 Å². The van der Waals surface area contributed by atoms with E-state index in [1.54, 1.807) is 0 Å². The molecule has 0 unspecified atom stereocenters. The molecule has 0 saturated carbocycles. The number of aliphatic carboxylic acids is 1. The van der Waals surface area contributed by atoms with Gasteiger partial charge in [0.05, 0.1) is 0 Å². The maximum atomic E-state index is 10.3. The Bertz CT molecular complexity index is 251. The molecule has 72 valence electrons. The summed E-state index contributed by atoms with van der Waals surface area (Å²) in [5, 5.41) is 8.47. The predicted octanol–water partition coefficient (Wildman–Crippen LogP) is 2.62. The summed E-state index contributed by atoms with van der Waals surface area (Å²) >= 11 is 0. The monoisotopic (exact) mass is 180 g/mol. The molecular weight excluding hydrogens is 164 g/mol. The van der Waals surface area contributed by atoms with Crippen molar-refractivity contribution in [2.75, 3.05) is 0 Å². The van der Waals surface area contributed by atoms with Crippen LogP contribution in [0.3, 0.4) is 0 Å². The lowest BCUT2D eigenvalue weighted by Crippen LogP contribution is -2.09. The predicted molar refractivity (Wildman–Crippen MR) is 52.4 cm³/mol. The van der Waals surface area contributed by atoms with E-state index in [9.17, 15) is 4.79 Å². The highest BCUT2D eigenvalue weighted by Crippen LogP contribution is 2.28. The van der Waals surface area contributed by atoms with Crippen molar-refractivity contribution >= 4 is 5.97 Å². The maximum absolute atomic E-state index is 10.3. The van der Waals surface area contributed by atoms with Crippen LogP contribution in [0.5, 0.6) is 0 Å². The van der Waals surface area contributed by atoms with Gasteiger partial charge in [0.1, 0.15) is 0 Å². The first-order valence-electron chi connectivity index (χ1n) is 4.66. The van der Waals surface area contributed by atoms with Gasteiger partial charge in [0.2, 0.25) is 0 Å². The molecule has 1 aliphatic rings. The molecule has 0 heterocycles. The molecule has 2 nitrogen and oxygen atoms in total. The van der Waals surface area contributed by atoms with Crippen LogP contribution >= 0.6 is 0 Å². The summed E-state index contributed by atoms with van der Waals surface area (Å²) in [6.45, 7) is 4.28. The van der Waals surface area contributed by atoms with Crippen LogP contribution in [0.25, 0.3) is 0 Å². The van der Waals surface area contributed by atoms with E-state index in [4.69, 9.17) is 5.11 Å². The molecule has 0 amide bonds. The maximum Gasteiger partial charge on any atom is 0.327 e. The van der Waals surface area contributed by atoms with E-state index in [0.29, 0.717) is 11.8 Å². The number of carboxylic acid groups (broad SMARTS) is 1. The fraction of sp³-hybridized carbons (Fsp3) is 0.545. The Hall–Kier alpha value is -1.05. The van der Waals surface area contributed by atoms with Crippen molar-refractivity contribution in [3.05, 3.63) is 23.8 Å². The van der Waals surface area contributed by atoms with Crippen LogP contribution in [-0.4, -0.2) is 11.1 Å². The van der Waals surface area contributed by atoms with Crippen molar-refractivity contribution in [2.45, 2.75) is 26.7 Å². The third kappa shape index (κ3) is 3.45. The molecule has 0 spiro atoms. The molecule has 2 heteroatoms. The van der Waals surface area contributed by atoms with Gasteiger partial charge in [0, 0.05) is 6.08 Å². The third-order valence-electron chi connectivity index (χ3n) is 2.34. The molecule has 2 atom stereocenters. The van der Waals surface area contributed by atoms with Gasteiger partial charge in [-0.2, -0.15) is 0 Å². The largest absolute Gasteiger partial charge is 0.478 e. The molecule has 1 N–H and O–H groups in total. The first-order chi connectivity index (χ1) is 6.08. The van der Waals surface area contributed by atoms with E-state index in [2.05, 4.69) is 19.9 Å². The highest BCUT2D eigenvalue weighted by atomic mass is 16.4. The molecule has 0 aromatic carbocycles. The molecule has 0 fully saturated rings. The Labute approximate surface area is 79.0 Å². The number of hydrogen-bond donors (Lipinski definition) is 1. The van der Waals surface area contributed by atoms with Gasteiger partial charge < -0.3 is 5.11 Å². The summed E-state index contributed by atoms with van der Waals surface area (Å²) in [4.78, 5) is 10.3. The van der Waals surface area contributed by atoms with E-state index in [1.807, 2.05) is 6.08 Å². The van der Waals surface area contributed by atoms with E-state index in [-0.39, 0.29) is 0 Å². The summed E-state index contributed by atoms with van der Waals surface area (Å²) in [5.74, 6) is 0.146. The first kappa shape index (κ1) is 10.0. The highest BCUT2D eigenvalue weighted by molar-refractivity contribution is 5.79. The minimum absolute atomic E-state index is 0.413. The van der Waals surface area contributed by atoms with E-state index >= 15 is 0 Å². The van der Waals surface area contributed by atoms with Crippen LogP contribution in [-0.2, 0) is 4.79 Å². The average molecular weight is 180 g/mol. The van der Waals surface area contributed by atoms with Gasteiger partial charge >= 0.3 is 5.97 Å². The highest BCUT2D eigenvalue weighted by Gasteiger charge is 2.15. The van der Waals surface area contributed by atoms with Crippen molar-refractivity contribution in [1.29, 1.82) is 0 Å². The zero-order chi connectivity index (χ0) is 9.84. The summed E-state index contributed by atoms with van der Waals surface area (Å²) in [6, 6.07) is 0. The quantitative estimate of drug-likeness (QED) is 0.524. The van der Waals surface area contributed by atoms with Crippen LogP contribution in [0, 0.1) is 11.8 Å². The normalized spacial score (nSPS) is 28.9. The van der Waals surface area contributed by atoms with Gasteiger partial charge in [0.15, 0.2) is 0 Å². The summed E-state index contributed by atoms with van der Waals surface area (Å²) < 4.78 is 0. The Morgan fingerprint density at radius 3 is 2.92 bits per heavy atom.